The van der Waals surface area contributed by atoms with Gasteiger partial charge in [-0.1, -0.05) is 42.5 Å². The Hall–Kier alpha value is -2.42. The van der Waals surface area contributed by atoms with E-state index in [1.54, 1.807) is 0 Å². The second-order valence-electron chi connectivity index (χ2n) is 4.16. The number of benzene rings is 1. The quantitative estimate of drug-likeness (QED) is 0.711. The van der Waals surface area contributed by atoms with E-state index in [2.05, 4.69) is 9.97 Å². The summed E-state index contributed by atoms with van der Waals surface area (Å²) in [6.07, 6.45) is 0. The number of fused-ring (bicyclic) bond motifs is 1. The van der Waals surface area contributed by atoms with Crippen LogP contribution in [0, 0.1) is 0 Å². The molecule has 0 aromatic heterocycles. The van der Waals surface area contributed by atoms with Gasteiger partial charge in [0.05, 0.1) is 12.3 Å². The Kier molecular flexibility index (Phi) is 3.11. The van der Waals surface area contributed by atoms with Crippen molar-refractivity contribution in [2.24, 2.45) is 0 Å². The molecule has 1 aromatic carbocycles. The summed E-state index contributed by atoms with van der Waals surface area (Å²) >= 11 is 0. The van der Waals surface area contributed by atoms with E-state index in [0.717, 1.165) is 28.5 Å². The lowest BCUT2D eigenvalue weighted by Gasteiger charge is -2.01. The van der Waals surface area contributed by atoms with Gasteiger partial charge in [0.25, 0.3) is 0 Å². The van der Waals surface area contributed by atoms with Crippen molar-refractivity contribution in [1.29, 1.82) is 0 Å². The van der Waals surface area contributed by atoms with E-state index >= 15 is 0 Å². The highest BCUT2D eigenvalue weighted by molar-refractivity contribution is 5.70. The Bertz CT molecular complexity index is 652. The van der Waals surface area contributed by atoms with Gasteiger partial charge < -0.3 is 4.74 Å². The zero-order valence-corrected chi connectivity index (χ0v) is 10.7. The number of ether oxygens (including phenoxy) is 1. The van der Waals surface area contributed by atoms with Gasteiger partial charge in [0.15, 0.2) is 5.82 Å². The molecular formula is C16H14N2O. The van der Waals surface area contributed by atoms with Crippen LogP contribution in [0.5, 0.6) is 5.75 Å². The lowest BCUT2D eigenvalue weighted by atomic mass is 10.2. The van der Waals surface area contributed by atoms with Crippen LogP contribution in [0.3, 0.4) is 0 Å². The van der Waals surface area contributed by atoms with Crippen molar-refractivity contribution in [3.63, 3.8) is 0 Å². The third-order valence-corrected chi connectivity index (χ3v) is 2.86. The molecule has 1 aliphatic heterocycles. The Morgan fingerprint density at radius 2 is 1.63 bits per heavy atom. The van der Waals surface area contributed by atoms with Gasteiger partial charge in [0, 0.05) is 5.56 Å². The lowest BCUT2D eigenvalue weighted by molar-refractivity contribution is 0.341. The first-order valence-electron chi connectivity index (χ1n) is 6.33. The van der Waals surface area contributed by atoms with Crippen LogP contribution in [0.25, 0.3) is 22.8 Å². The molecule has 0 spiro atoms. The number of hydrogen-bond acceptors (Lipinski definition) is 3. The third-order valence-electron chi connectivity index (χ3n) is 2.86. The smallest absolute Gasteiger partial charge is 0.160 e. The number of imidazole rings is 1. The van der Waals surface area contributed by atoms with Crippen molar-refractivity contribution in [2.45, 2.75) is 6.92 Å². The largest absolute Gasteiger partial charge is 0.492 e. The second-order valence-corrected chi connectivity index (χ2v) is 4.16. The van der Waals surface area contributed by atoms with E-state index in [0.29, 0.717) is 6.61 Å². The fourth-order valence-electron chi connectivity index (χ4n) is 2.01. The summed E-state index contributed by atoms with van der Waals surface area (Å²) in [4.78, 5) is 9.18. The zero-order chi connectivity index (χ0) is 13.1. The van der Waals surface area contributed by atoms with E-state index in [1.165, 1.54) is 0 Å². The predicted molar refractivity (Wildman–Crippen MR) is 75.3 cm³/mol. The Balaban J connectivity index is 2.15. The van der Waals surface area contributed by atoms with Gasteiger partial charge in [-0.15, -0.1) is 0 Å². The first kappa shape index (κ1) is 11.7. The first-order valence-corrected chi connectivity index (χ1v) is 6.33. The van der Waals surface area contributed by atoms with Crippen molar-refractivity contribution in [1.82, 2.24) is 9.97 Å². The predicted octanol–water partition coefficient (Wildman–Crippen LogP) is 3.65. The fraction of sp³-hybridized carbons (Fsp3) is 0.125. The molecule has 19 heavy (non-hydrogen) atoms. The number of aromatic nitrogens is 2. The molecule has 0 atom stereocenters. The Labute approximate surface area is 112 Å². The molecule has 1 aliphatic carbocycles. The van der Waals surface area contributed by atoms with Crippen molar-refractivity contribution < 1.29 is 4.74 Å². The second kappa shape index (κ2) is 5.06. The standard InChI is InChI=1S/C16H14N2O/c1-2-19-14-11-7-6-10-13-15(14)18-16(17-13)12-8-4-3-5-9-12/h3-11H,2H2,1H3. The highest BCUT2D eigenvalue weighted by Crippen LogP contribution is 2.31. The van der Waals surface area contributed by atoms with Crippen LogP contribution >= 0.6 is 0 Å². The monoisotopic (exact) mass is 250 g/mol. The minimum atomic E-state index is 0.618. The van der Waals surface area contributed by atoms with Crippen LogP contribution in [-0.2, 0) is 0 Å². The molecule has 0 amide bonds. The molecule has 0 radical (unpaired) electrons. The van der Waals surface area contributed by atoms with E-state index in [-0.39, 0.29) is 0 Å². The van der Waals surface area contributed by atoms with E-state index in [9.17, 15) is 0 Å². The van der Waals surface area contributed by atoms with E-state index in [4.69, 9.17) is 4.74 Å². The molecule has 2 aliphatic rings. The zero-order valence-electron chi connectivity index (χ0n) is 10.7. The maximum absolute atomic E-state index is 5.63. The lowest BCUT2D eigenvalue weighted by Crippen LogP contribution is -1.92. The van der Waals surface area contributed by atoms with Gasteiger partial charge in [-0.3, -0.25) is 0 Å². The topological polar surface area (TPSA) is 35.0 Å². The highest BCUT2D eigenvalue weighted by atomic mass is 16.5. The van der Waals surface area contributed by atoms with Crippen LogP contribution in [-0.4, -0.2) is 16.6 Å². The summed E-state index contributed by atoms with van der Waals surface area (Å²) in [5, 5.41) is 0. The highest BCUT2D eigenvalue weighted by Gasteiger charge is 2.15. The van der Waals surface area contributed by atoms with Crippen LogP contribution in [0.15, 0.2) is 54.6 Å². The first-order chi connectivity index (χ1) is 9.38. The summed E-state index contributed by atoms with van der Waals surface area (Å²) in [6, 6.07) is 17.7. The number of nitrogens with zero attached hydrogens (tertiary/aromatic N) is 2. The van der Waals surface area contributed by atoms with Gasteiger partial charge >= 0.3 is 0 Å². The molecule has 3 heteroatoms. The van der Waals surface area contributed by atoms with Gasteiger partial charge in [0.2, 0.25) is 0 Å². The molecule has 0 unspecified atom stereocenters. The average Bonchev–Trinajstić information content (AvgIpc) is 2.79. The molecule has 94 valence electrons. The van der Waals surface area contributed by atoms with Crippen LogP contribution in [0.4, 0.5) is 0 Å². The maximum atomic E-state index is 5.63. The molecule has 3 rings (SSSR count). The van der Waals surface area contributed by atoms with Crippen LogP contribution in [0.1, 0.15) is 6.92 Å². The maximum Gasteiger partial charge on any atom is 0.160 e. The summed E-state index contributed by atoms with van der Waals surface area (Å²) in [6.45, 7) is 2.58. The summed E-state index contributed by atoms with van der Waals surface area (Å²) < 4.78 is 5.63. The van der Waals surface area contributed by atoms with Crippen LogP contribution < -0.4 is 4.74 Å². The molecule has 0 N–H and O–H groups in total. The minimum absolute atomic E-state index is 0.618. The Morgan fingerprint density at radius 1 is 0.895 bits per heavy atom. The molecule has 0 saturated heterocycles. The Morgan fingerprint density at radius 3 is 2.42 bits per heavy atom. The average molecular weight is 250 g/mol. The van der Waals surface area contributed by atoms with E-state index < -0.39 is 0 Å². The van der Waals surface area contributed by atoms with Crippen molar-refractivity contribution in [2.75, 3.05) is 6.61 Å². The molecule has 1 heterocycles. The molecule has 0 bridgehead atoms. The van der Waals surface area contributed by atoms with Crippen molar-refractivity contribution >= 4 is 0 Å². The minimum Gasteiger partial charge on any atom is -0.492 e. The third kappa shape index (κ3) is 2.27. The summed E-state index contributed by atoms with van der Waals surface area (Å²) in [7, 11) is 0. The summed E-state index contributed by atoms with van der Waals surface area (Å²) in [5.74, 6) is 1.51. The number of rotatable bonds is 3. The number of hydrogen-bond donors (Lipinski definition) is 0. The summed E-state index contributed by atoms with van der Waals surface area (Å²) in [5.41, 5.74) is 2.68. The van der Waals surface area contributed by atoms with Crippen LogP contribution in [0.2, 0.25) is 0 Å². The van der Waals surface area contributed by atoms with Crippen molar-refractivity contribution in [3.05, 3.63) is 54.6 Å². The SMILES string of the molecule is CCOc1ccccc2nc(-c3ccccc3)nc1-2. The van der Waals surface area contributed by atoms with E-state index in [1.807, 2.05) is 61.5 Å². The molecule has 1 aromatic rings. The molecule has 0 fully saturated rings. The van der Waals surface area contributed by atoms with Gasteiger partial charge in [0.1, 0.15) is 11.4 Å². The van der Waals surface area contributed by atoms with Gasteiger partial charge in [-0.05, 0) is 19.1 Å². The molecular weight excluding hydrogens is 236 g/mol. The van der Waals surface area contributed by atoms with Gasteiger partial charge in [-0.2, -0.15) is 0 Å². The fourth-order valence-corrected chi connectivity index (χ4v) is 2.01. The van der Waals surface area contributed by atoms with Gasteiger partial charge in [-0.25, -0.2) is 9.97 Å². The van der Waals surface area contributed by atoms with Crippen molar-refractivity contribution in [3.8, 4) is 28.5 Å². The normalized spacial score (nSPS) is 10.6. The molecule has 0 saturated carbocycles. The molecule has 3 nitrogen and oxygen atoms in total.